The van der Waals surface area contributed by atoms with Gasteiger partial charge in [-0.3, -0.25) is 19.0 Å². The summed E-state index contributed by atoms with van der Waals surface area (Å²) in [6.07, 6.45) is 2.04. The molecule has 1 fully saturated rings. The number of thioether (sulfide) groups is 1. The summed E-state index contributed by atoms with van der Waals surface area (Å²) < 4.78 is 5.98. The van der Waals surface area contributed by atoms with Gasteiger partial charge in [0.05, 0.1) is 23.3 Å². The Kier molecular flexibility index (Phi) is 5.61. The Labute approximate surface area is 155 Å². The van der Waals surface area contributed by atoms with Crippen LogP contribution >= 0.6 is 11.8 Å². The number of methoxy groups -OCH3 is 1. The number of amides is 1. The van der Waals surface area contributed by atoms with Crippen LogP contribution in [0, 0.1) is 0 Å². The predicted molar refractivity (Wildman–Crippen MR) is 99.2 cm³/mol. The molecule has 26 heavy (non-hydrogen) atoms. The molecule has 1 unspecified atom stereocenters. The highest BCUT2D eigenvalue weighted by molar-refractivity contribution is 8.00. The van der Waals surface area contributed by atoms with Gasteiger partial charge in [0.25, 0.3) is 5.56 Å². The van der Waals surface area contributed by atoms with E-state index in [4.69, 9.17) is 4.74 Å². The molecule has 2 aromatic rings. The molecule has 1 aliphatic heterocycles. The van der Waals surface area contributed by atoms with Gasteiger partial charge in [-0.2, -0.15) is 0 Å². The summed E-state index contributed by atoms with van der Waals surface area (Å²) in [6.45, 7) is 3.10. The number of ether oxygens (including phenoxy) is 1. The predicted octanol–water partition coefficient (Wildman–Crippen LogP) is 1.67. The fraction of sp³-hybridized carbons (Fsp3) is 0.444. The lowest BCUT2D eigenvalue weighted by atomic mass is 10.2. The third-order valence-electron chi connectivity index (χ3n) is 4.39. The number of carbonyl (C=O) groups is 2. The van der Waals surface area contributed by atoms with E-state index in [0.29, 0.717) is 16.1 Å². The van der Waals surface area contributed by atoms with Crippen LogP contribution in [0.4, 0.5) is 0 Å². The van der Waals surface area contributed by atoms with Crippen LogP contribution in [0.3, 0.4) is 0 Å². The van der Waals surface area contributed by atoms with E-state index in [1.165, 1.54) is 23.4 Å². The van der Waals surface area contributed by atoms with Crippen LogP contribution in [0.1, 0.15) is 19.8 Å². The zero-order valence-corrected chi connectivity index (χ0v) is 15.6. The summed E-state index contributed by atoms with van der Waals surface area (Å²) in [6, 6.07) is 6.97. The molecule has 1 saturated heterocycles. The van der Waals surface area contributed by atoms with Gasteiger partial charge in [-0.15, -0.1) is 0 Å². The summed E-state index contributed by atoms with van der Waals surface area (Å²) in [7, 11) is 1.27. The molecular weight excluding hydrogens is 354 g/mol. The van der Waals surface area contributed by atoms with Crippen molar-refractivity contribution in [2.24, 2.45) is 0 Å². The second kappa shape index (κ2) is 7.90. The molecule has 1 aliphatic rings. The summed E-state index contributed by atoms with van der Waals surface area (Å²) in [5.74, 6) is -0.510. The van der Waals surface area contributed by atoms with Gasteiger partial charge in [-0.25, -0.2) is 4.98 Å². The van der Waals surface area contributed by atoms with Crippen LogP contribution < -0.4 is 5.56 Å². The van der Waals surface area contributed by atoms with Crippen molar-refractivity contribution in [3.63, 3.8) is 0 Å². The Morgan fingerprint density at radius 1 is 1.27 bits per heavy atom. The maximum atomic E-state index is 12.8. The van der Waals surface area contributed by atoms with Crippen molar-refractivity contribution in [2.75, 3.05) is 20.2 Å². The molecule has 8 heteroatoms. The van der Waals surface area contributed by atoms with E-state index in [0.717, 1.165) is 25.9 Å². The second-order valence-electron chi connectivity index (χ2n) is 6.17. The van der Waals surface area contributed by atoms with Gasteiger partial charge in [0.2, 0.25) is 5.91 Å². The molecule has 1 aromatic heterocycles. The van der Waals surface area contributed by atoms with Crippen LogP contribution in [0.5, 0.6) is 0 Å². The lowest BCUT2D eigenvalue weighted by molar-refractivity contribution is -0.141. The van der Waals surface area contributed by atoms with Crippen molar-refractivity contribution in [3.05, 3.63) is 34.6 Å². The normalized spacial score (nSPS) is 15.2. The first-order chi connectivity index (χ1) is 12.5. The highest BCUT2D eigenvalue weighted by Gasteiger charge is 2.26. The Morgan fingerprint density at radius 3 is 2.65 bits per heavy atom. The van der Waals surface area contributed by atoms with Gasteiger partial charge in [0.15, 0.2) is 5.16 Å². The van der Waals surface area contributed by atoms with E-state index < -0.39 is 11.2 Å². The van der Waals surface area contributed by atoms with Gasteiger partial charge < -0.3 is 9.64 Å². The first-order valence-electron chi connectivity index (χ1n) is 8.53. The third kappa shape index (κ3) is 3.75. The lowest BCUT2D eigenvalue weighted by Gasteiger charge is -2.20. The molecular formula is C18H21N3O4S. The van der Waals surface area contributed by atoms with Crippen LogP contribution in [0.25, 0.3) is 10.9 Å². The van der Waals surface area contributed by atoms with Crippen LogP contribution in [-0.4, -0.2) is 51.8 Å². The topological polar surface area (TPSA) is 81.5 Å². The Morgan fingerprint density at radius 2 is 1.96 bits per heavy atom. The molecule has 1 atom stereocenters. The zero-order chi connectivity index (χ0) is 18.7. The van der Waals surface area contributed by atoms with E-state index >= 15 is 0 Å². The van der Waals surface area contributed by atoms with Crippen molar-refractivity contribution in [1.29, 1.82) is 0 Å². The van der Waals surface area contributed by atoms with Crippen LogP contribution in [0.2, 0.25) is 0 Å². The summed E-state index contributed by atoms with van der Waals surface area (Å²) in [5, 5.41) is 0.378. The highest BCUT2D eigenvalue weighted by Crippen LogP contribution is 2.25. The average Bonchev–Trinajstić information content (AvgIpc) is 3.18. The molecule has 1 aromatic carbocycles. The lowest BCUT2D eigenvalue weighted by Crippen LogP contribution is -2.35. The molecule has 0 saturated carbocycles. The Bertz CT molecular complexity index is 890. The number of fused-ring (bicyclic) bond motifs is 1. The van der Waals surface area contributed by atoms with Gasteiger partial charge in [0.1, 0.15) is 6.54 Å². The van der Waals surface area contributed by atoms with Crippen molar-refractivity contribution in [1.82, 2.24) is 14.5 Å². The van der Waals surface area contributed by atoms with E-state index in [9.17, 15) is 14.4 Å². The average molecular weight is 375 g/mol. The number of carbonyl (C=O) groups excluding carboxylic acids is 2. The molecule has 1 amide bonds. The Balaban J connectivity index is 1.97. The fourth-order valence-electron chi connectivity index (χ4n) is 2.97. The van der Waals surface area contributed by atoms with Crippen molar-refractivity contribution in [3.8, 4) is 0 Å². The SMILES string of the molecule is COC(=O)Cn1c(SC(C)C(=O)N2CCCC2)nc2ccccc2c1=O. The highest BCUT2D eigenvalue weighted by atomic mass is 32.2. The molecule has 0 aliphatic carbocycles. The minimum Gasteiger partial charge on any atom is -0.468 e. The molecule has 0 bridgehead atoms. The van der Waals surface area contributed by atoms with Crippen LogP contribution in [0.15, 0.2) is 34.2 Å². The number of esters is 1. The van der Waals surface area contributed by atoms with Crippen molar-refractivity contribution >= 4 is 34.5 Å². The van der Waals surface area contributed by atoms with Gasteiger partial charge in [0, 0.05) is 13.1 Å². The number of aromatic nitrogens is 2. The largest absolute Gasteiger partial charge is 0.468 e. The number of hydrogen-bond donors (Lipinski definition) is 0. The molecule has 7 nitrogen and oxygen atoms in total. The fourth-order valence-corrected chi connectivity index (χ4v) is 3.97. The standard InChI is InChI=1S/C18H21N3O4S/c1-12(16(23)20-9-5-6-10-20)26-18-19-14-8-4-3-7-13(14)17(24)21(18)11-15(22)25-2/h3-4,7-8,12H,5-6,9-11H2,1-2H3. The van der Waals surface area contributed by atoms with Gasteiger partial charge >= 0.3 is 5.97 Å². The quantitative estimate of drug-likeness (QED) is 0.449. The van der Waals surface area contributed by atoms with E-state index in [1.807, 2.05) is 4.90 Å². The molecule has 0 N–H and O–H groups in total. The van der Waals surface area contributed by atoms with E-state index in [2.05, 4.69) is 4.98 Å². The minimum atomic E-state index is -0.537. The molecule has 0 spiro atoms. The number of likely N-dealkylation sites (tertiary alicyclic amines) is 1. The molecule has 138 valence electrons. The third-order valence-corrected chi connectivity index (χ3v) is 5.47. The maximum Gasteiger partial charge on any atom is 0.325 e. The number of nitrogens with zero attached hydrogens (tertiary/aromatic N) is 3. The minimum absolute atomic E-state index is 0.0273. The number of para-hydroxylation sites is 1. The first-order valence-corrected chi connectivity index (χ1v) is 9.41. The Hall–Kier alpha value is -2.35. The maximum absolute atomic E-state index is 12.8. The summed E-state index contributed by atoms with van der Waals surface area (Å²) in [5.41, 5.74) is 0.228. The van der Waals surface area contributed by atoms with Gasteiger partial charge in [-0.05, 0) is 31.9 Å². The second-order valence-corrected chi connectivity index (χ2v) is 7.48. The first kappa shape index (κ1) is 18.4. The summed E-state index contributed by atoms with van der Waals surface area (Å²) >= 11 is 1.20. The van der Waals surface area contributed by atoms with Crippen LogP contribution in [-0.2, 0) is 20.9 Å². The smallest absolute Gasteiger partial charge is 0.325 e. The molecule has 2 heterocycles. The molecule has 0 radical (unpaired) electrons. The van der Waals surface area contributed by atoms with Crippen molar-refractivity contribution < 1.29 is 14.3 Å². The van der Waals surface area contributed by atoms with E-state index in [-0.39, 0.29) is 18.0 Å². The van der Waals surface area contributed by atoms with Crippen molar-refractivity contribution in [2.45, 2.75) is 36.7 Å². The number of benzene rings is 1. The zero-order valence-electron chi connectivity index (χ0n) is 14.8. The monoisotopic (exact) mass is 375 g/mol. The molecule has 3 rings (SSSR count). The number of hydrogen-bond acceptors (Lipinski definition) is 6. The van der Waals surface area contributed by atoms with E-state index in [1.54, 1.807) is 31.2 Å². The number of rotatable bonds is 5. The summed E-state index contributed by atoms with van der Waals surface area (Å²) in [4.78, 5) is 43.5. The van der Waals surface area contributed by atoms with Gasteiger partial charge in [-0.1, -0.05) is 23.9 Å².